The molecule has 2 amide bonds. The van der Waals surface area contributed by atoms with Crippen LogP contribution in [0.5, 0.6) is 0 Å². The van der Waals surface area contributed by atoms with Gasteiger partial charge in [0.05, 0.1) is 24.8 Å². The van der Waals surface area contributed by atoms with Gasteiger partial charge in [-0.1, -0.05) is 12.1 Å². The molecule has 0 bridgehead atoms. The van der Waals surface area contributed by atoms with Gasteiger partial charge in [-0.3, -0.25) is 4.79 Å². The Labute approximate surface area is 135 Å². The molecule has 0 aliphatic carbocycles. The van der Waals surface area contributed by atoms with Crippen molar-refractivity contribution < 1.29 is 14.3 Å². The molecule has 0 saturated carbocycles. The second-order valence-electron chi connectivity index (χ2n) is 5.40. The van der Waals surface area contributed by atoms with Crippen LogP contribution in [0.1, 0.15) is 11.1 Å². The maximum Gasteiger partial charge on any atom is 0.409 e. The van der Waals surface area contributed by atoms with Gasteiger partial charge in [0.25, 0.3) is 0 Å². The van der Waals surface area contributed by atoms with E-state index in [-0.39, 0.29) is 12.0 Å². The van der Waals surface area contributed by atoms with Crippen molar-refractivity contribution in [3.63, 3.8) is 0 Å². The van der Waals surface area contributed by atoms with Gasteiger partial charge in [-0.2, -0.15) is 5.26 Å². The van der Waals surface area contributed by atoms with Crippen LogP contribution in [0, 0.1) is 11.3 Å². The zero-order chi connectivity index (χ0) is 16.8. The Morgan fingerprint density at radius 1 is 1.22 bits per heavy atom. The van der Waals surface area contributed by atoms with Gasteiger partial charge < -0.3 is 20.3 Å². The number of hydrogen-bond acceptors (Lipinski definition) is 5. The summed E-state index contributed by atoms with van der Waals surface area (Å²) in [5.41, 5.74) is 7.50. The Morgan fingerprint density at radius 2 is 1.78 bits per heavy atom. The average Bonchev–Trinajstić information content (AvgIpc) is 2.61. The molecular weight excluding hydrogens is 296 g/mol. The van der Waals surface area contributed by atoms with E-state index in [9.17, 15) is 9.59 Å². The zero-order valence-corrected chi connectivity index (χ0v) is 13.1. The molecule has 2 N–H and O–H groups in total. The van der Waals surface area contributed by atoms with Crippen molar-refractivity contribution in [1.82, 2.24) is 9.80 Å². The smallest absolute Gasteiger partial charge is 0.409 e. The second kappa shape index (κ2) is 7.61. The van der Waals surface area contributed by atoms with Crippen LogP contribution in [-0.4, -0.2) is 61.1 Å². The number of amides is 2. The van der Waals surface area contributed by atoms with E-state index in [0.29, 0.717) is 38.2 Å². The largest absolute Gasteiger partial charge is 0.453 e. The Hall–Kier alpha value is -2.59. The van der Waals surface area contributed by atoms with Crippen LogP contribution in [0.25, 0.3) is 0 Å². The standard InChI is InChI=1S/C16H20N4O3/c1-23-16(22)20-8-6-19(7-9-20)15(21)14(18)10-12-2-4-13(11-17)5-3-12/h2-5,14H,6-10,18H2,1H3. The molecule has 0 spiro atoms. The summed E-state index contributed by atoms with van der Waals surface area (Å²) in [6.07, 6.45) is 0.0425. The van der Waals surface area contributed by atoms with Gasteiger partial charge in [-0.05, 0) is 24.1 Å². The number of carbonyl (C=O) groups excluding carboxylic acids is 2. The van der Waals surface area contributed by atoms with E-state index in [1.165, 1.54) is 7.11 Å². The number of carbonyl (C=O) groups is 2. The maximum atomic E-state index is 12.4. The van der Waals surface area contributed by atoms with Crippen LogP contribution in [0.3, 0.4) is 0 Å². The number of hydrogen-bond donors (Lipinski definition) is 1. The molecule has 1 unspecified atom stereocenters. The van der Waals surface area contributed by atoms with Crippen molar-refractivity contribution in [2.75, 3.05) is 33.3 Å². The Balaban J connectivity index is 1.87. The first-order valence-electron chi connectivity index (χ1n) is 7.41. The highest BCUT2D eigenvalue weighted by Crippen LogP contribution is 2.09. The van der Waals surface area contributed by atoms with Crippen molar-refractivity contribution in [3.8, 4) is 6.07 Å². The lowest BCUT2D eigenvalue weighted by Gasteiger charge is -2.35. The Bertz CT molecular complexity index is 601. The molecule has 1 aliphatic rings. The molecule has 122 valence electrons. The van der Waals surface area contributed by atoms with E-state index in [1.807, 2.05) is 0 Å². The molecule has 7 nitrogen and oxygen atoms in total. The summed E-state index contributed by atoms with van der Waals surface area (Å²) < 4.78 is 4.67. The molecule has 1 aliphatic heterocycles. The van der Waals surface area contributed by atoms with Crippen LogP contribution in [0.2, 0.25) is 0 Å². The highest BCUT2D eigenvalue weighted by molar-refractivity contribution is 5.82. The number of benzene rings is 1. The molecule has 23 heavy (non-hydrogen) atoms. The summed E-state index contributed by atoms with van der Waals surface area (Å²) in [6.45, 7) is 1.80. The minimum atomic E-state index is -0.632. The van der Waals surface area contributed by atoms with E-state index < -0.39 is 6.04 Å². The number of nitrogens with two attached hydrogens (primary N) is 1. The molecule has 1 fully saturated rings. The fraction of sp³-hybridized carbons (Fsp3) is 0.438. The summed E-state index contributed by atoms with van der Waals surface area (Å²) >= 11 is 0. The van der Waals surface area contributed by atoms with E-state index in [0.717, 1.165) is 5.56 Å². The van der Waals surface area contributed by atoms with Crippen molar-refractivity contribution in [2.45, 2.75) is 12.5 Å². The van der Waals surface area contributed by atoms with Crippen molar-refractivity contribution in [2.24, 2.45) is 5.73 Å². The second-order valence-corrected chi connectivity index (χ2v) is 5.40. The van der Waals surface area contributed by atoms with Gasteiger partial charge in [0.1, 0.15) is 0 Å². The van der Waals surface area contributed by atoms with Gasteiger partial charge in [0, 0.05) is 26.2 Å². The molecule has 1 aromatic carbocycles. The predicted octanol–water partition coefficient (Wildman–Crippen LogP) is 0.339. The number of rotatable bonds is 3. The van der Waals surface area contributed by atoms with E-state index >= 15 is 0 Å². The summed E-state index contributed by atoms with van der Waals surface area (Å²) in [4.78, 5) is 27.0. The van der Waals surface area contributed by atoms with E-state index in [4.69, 9.17) is 11.0 Å². The molecule has 1 aromatic rings. The SMILES string of the molecule is COC(=O)N1CCN(C(=O)C(N)Cc2ccc(C#N)cc2)CC1. The van der Waals surface area contributed by atoms with Gasteiger partial charge in [-0.25, -0.2) is 4.79 Å². The highest BCUT2D eigenvalue weighted by atomic mass is 16.5. The molecular formula is C16H20N4O3. The summed E-state index contributed by atoms with van der Waals surface area (Å²) in [6, 6.07) is 8.45. The molecule has 1 saturated heterocycles. The number of methoxy groups -OCH3 is 1. The highest BCUT2D eigenvalue weighted by Gasteiger charge is 2.27. The number of piperazine rings is 1. The van der Waals surface area contributed by atoms with Crippen LogP contribution in [0.4, 0.5) is 4.79 Å². The minimum Gasteiger partial charge on any atom is -0.453 e. The summed E-state index contributed by atoms with van der Waals surface area (Å²) in [5.74, 6) is -0.126. The van der Waals surface area contributed by atoms with Gasteiger partial charge in [0.15, 0.2) is 0 Å². The minimum absolute atomic E-state index is 0.126. The summed E-state index contributed by atoms with van der Waals surface area (Å²) in [7, 11) is 1.34. The van der Waals surface area contributed by atoms with E-state index in [1.54, 1.807) is 34.1 Å². The van der Waals surface area contributed by atoms with Gasteiger partial charge in [0.2, 0.25) is 5.91 Å². The van der Waals surface area contributed by atoms with Crippen LogP contribution >= 0.6 is 0 Å². The molecule has 0 radical (unpaired) electrons. The first kappa shape index (κ1) is 16.8. The molecule has 1 heterocycles. The summed E-state index contributed by atoms with van der Waals surface area (Å²) in [5, 5.41) is 8.77. The van der Waals surface area contributed by atoms with E-state index in [2.05, 4.69) is 10.8 Å². The van der Waals surface area contributed by atoms with Crippen molar-refractivity contribution in [3.05, 3.63) is 35.4 Å². The molecule has 7 heteroatoms. The predicted molar refractivity (Wildman–Crippen MR) is 83.4 cm³/mol. The third kappa shape index (κ3) is 4.20. The molecule has 0 aromatic heterocycles. The quantitative estimate of drug-likeness (QED) is 0.866. The normalized spacial score (nSPS) is 15.7. The Morgan fingerprint density at radius 3 is 2.30 bits per heavy atom. The third-order valence-corrected chi connectivity index (χ3v) is 3.88. The lowest BCUT2D eigenvalue weighted by molar-refractivity contribution is -0.134. The molecule has 2 rings (SSSR count). The van der Waals surface area contributed by atoms with Crippen molar-refractivity contribution in [1.29, 1.82) is 5.26 Å². The zero-order valence-electron chi connectivity index (χ0n) is 13.1. The fourth-order valence-electron chi connectivity index (χ4n) is 2.53. The van der Waals surface area contributed by atoms with Gasteiger partial charge in [-0.15, -0.1) is 0 Å². The average molecular weight is 316 g/mol. The van der Waals surface area contributed by atoms with Crippen LogP contribution < -0.4 is 5.73 Å². The molecule has 1 atom stereocenters. The number of nitriles is 1. The van der Waals surface area contributed by atoms with Gasteiger partial charge >= 0.3 is 6.09 Å². The Kier molecular flexibility index (Phi) is 5.55. The van der Waals surface area contributed by atoms with Crippen LogP contribution in [0.15, 0.2) is 24.3 Å². The maximum absolute atomic E-state index is 12.4. The monoisotopic (exact) mass is 316 g/mol. The third-order valence-electron chi connectivity index (χ3n) is 3.88. The lowest BCUT2D eigenvalue weighted by atomic mass is 10.0. The topological polar surface area (TPSA) is 99.7 Å². The van der Waals surface area contributed by atoms with Crippen molar-refractivity contribution >= 4 is 12.0 Å². The number of nitrogens with zero attached hydrogens (tertiary/aromatic N) is 3. The first-order valence-corrected chi connectivity index (χ1v) is 7.41. The first-order chi connectivity index (χ1) is 11.0. The fourth-order valence-corrected chi connectivity index (χ4v) is 2.53. The van der Waals surface area contributed by atoms with Crippen LogP contribution in [-0.2, 0) is 16.0 Å². The lowest BCUT2D eigenvalue weighted by Crippen LogP contribution is -2.54. The number of ether oxygens (including phenoxy) is 1.